The van der Waals surface area contributed by atoms with E-state index in [9.17, 15) is 9.59 Å². The van der Waals surface area contributed by atoms with E-state index in [4.69, 9.17) is 0 Å². The van der Waals surface area contributed by atoms with E-state index in [2.05, 4.69) is 15.2 Å². The molecule has 0 saturated heterocycles. The molecule has 0 saturated carbocycles. The molecule has 0 unspecified atom stereocenters. The van der Waals surface area contributed by atoms with Crippen molar-refractivity contribution < 1.29 is 4.79 Å². The average molecular weight is 235 g/mol. The summed E-state index contributed by atoms with van der Waals surface area (Å²) in [6.07, 6.45) is 0. The molecule has 0 bridgehead atoms. The van der Waals surface area contributed by atoms with Gasteiger partial charge in [0, 0.05) is 14.1 Å². The Bertz CT molecular complexity index is 605. The van der Waals surface area contributed by atoms with E-state index >= 15 is 0 Å². The summed E-state index contributed by atoms with van der Waals surface area (Å²) in [5.41, 5.74) is 1.35. The summed E-state index contributed by atoms with van der Waals surface area (Å²) in [7, 11) is 3.15. The van der Waals surface area contributed by atoms with Gasteiger partial charge in [0.1, 0.15) is 0 Å². The average Bonchev–Trinajstić information content (AvgIpc) is 2.62. The maximum Gasteiger partial charge on any atom is 0.294 e. The molecule has 1 N–H and O–H groups in total. The van der Waals surface area contributed by atoms with Crippen LogP contribution in [0.25, 0.3) is 0 Å². The molecule has 1 aromatic heterocycles. The lowest BCUT2D eigenvalue weighted by Crippen LogP contribution is -2.24. The predicted octanol–water partition coefficient (Wildman–Crippen LogP) is -0.0578. The fourth-order valence-electron chi connectivity index (χ4n) is 1.67. The third-order valence-electron chi connectivity index (χ3n) is 2.56. The second-order valence-corrected chi connectivity index (χ2v) is 3.92. The SMILES string of the molecule is CC1=NN(C)C(=O)C1=Nc1c(C)[nH]n(C)c1=O. The molecule has 0 fully saturated rings. The zero-order chi connectivity index (χ0) is 12.7. The number of aryl methyl sites for hydroxylation is 2. The number of hydrazone groups is 1. The van der Waals surface area contributed by atoms with Gasteiger partial charge in [-0.2, -0.15) is 5.10 Å². The lowest BCUT2D eigenvalue weighted by atomic mass is 10.2. The molecule has 90 valence electrons. The van der Waals surface area contributed by atoms with Gasteiger partial charge >= 0.3 is 0 Å². The van der Waals surface area contributed by atoms with Gasteiger partial charge in [0.05, 0.1) is 11.4 Å². The number of nitrogens with one attached hydrogen (secondary N) is 1. The molecule has 2 heterocycles. The summed E-state index contributed by atoms with van der Waals surface area (Å²) in [5.74, 6) is -0.301. The normalized spacial score (nSPS) is 18.1. The highest BCUT2D eigenvalue weighted by Gasteiger charge is 2.27. The Morgan fingerprint density at radius 1 is 1.24 bits per heavy atom. The summed E-state index contributed by atoms with van der Waals surface area (Å²) in [4.78, 5) is 27.6. The van der Waals surface area contributed by atoms with E-state index in [1.165, 1.54) is 9.69 Å². The van der Waals surface area contributed by atoms with Gasteiger partial charge in [0.15, 0.2) is 11.4 Å². The number of amides is 1. The summed E-state index contributed by atoms with van der Waals surface area (Å²) in [6, 6.07) is 0. The molecule has 2 rings (SSSR count). The molecule has 0 atom stereocenters. The molecule has 17 heavy (non-hydrogen) atoms. The first-order valence-electron chi connectivity index (χ1n) is 5.09. The van der Waals surface area contributed by atoms with Crippen molar-refractivity contribution in [1.82, 2.24) is 14.8 Å². The Labute approximate surface area is 97.4 Å². The second-order valence-electron chi connectivity index (χ2n) is 3.92. The molecule has 1 amide bonds. The number of aromatic nitrogens is 2. The number of hydrogen-bond donors (Lipinski definition) is 1. The zero-order valence-corrected chi connectivity index (χ0v) is 10.1. The van der Waals surface area contributed by atoms with Gasteiger partial charge in [-0.15, -0.1) is 0 Å². The van der Waals surface area contributed by atoms with Crippen LogP contribution in [0.5, 0.6) is 0 Å². The molecule has 1 aromatic rings. The molecular weight excluding hydrogens is 222 g/mol. The first kappa shape index (κ1) is 11.3. The smallest absolute Gasteiger partial charge is 0.294 e. The third kappa shape index (κ3) is 1.69. The minimum atomic E-state index is -0.301. The third-order valence-corrected chi connectivity index (χ3v) is 2.56. The van der Waals surface area contributed by atoms with Crippen LogP contribution in [0.4, 0.5) is 5.69 Å². The van der Waals surface area contributed by atoms with E-state index in [1.54, 1.807) is 27.9 Å². The number of aromatic amines is 1. The lowest BCUT2D eigenvalue weighted by molar-refractivity contribution is -0.122. The number of H-pyrrole nitrogens is 1. The Kier molecular flexibility index (Phi) is 2.45. The quantitative estimate of drug-likeness (QED) is 0.739. The van der Waals surface area contributed by atoms with Crippen LogP contribution in [-0.2, 0) is 11.8 Å². The fourth-order valence-corrected chi connectivity index (χ4v) is 1.67. The molecule has 1 aliphatic rings. The largest absolute Gasteiger partial charge is 0.298 e. The van der Waals surface area contributed by atoms with E-state index in [-0.39, 0.29) is 22.9 Å². The van der Waals surface area contributed by atoms with Gasteiger partial charge in [0.2, 0.25) is 0 Å². The number of hydrogen-bond acceptors (Lipinski definition) is 4. The van der Waals surface area contributed by atoms with Gasteiger partial charge in [-0.3, -0.25) is 19.4 Å². The molecule has 0 aliphatic carbocycles. The molecule has 1 aliphatic heterocycles. The highest BCUT2D eigenvalue weighted by Crippen LogP contribution is 2.13. The monoisotopic (exact) mass is 235 g/mol. The highest BCUT2D eigenvalue weighted by atomic mass is 16.2. The van der Waals surface area contributed by atoms with Crippen molar-refractivity contribution >= 4 is 23.0 Å². The van der Waals surface area contributed by atoms with Crippen molar-refractivity contribution in [2.24, 2.45) is 17.1 Å². The van der Waals surface area contributed by atoms with E-state index in [1.807, 2.05) is 0 Å². The Morgan fingerprint density at radius 3 is 2.29 bits per heavy atom. The van der Waals surface area contributed by atoms with Crippen LogP contribution >= 0.6 is 0 Å². The summed E-state index contributed by atoms with van der Waals surface area (Å²) >= 11 is 0. The Hall–Kier alpha value is -2.18. The molecule has 7 heteroatoms. The van der Waals surface area contributed by atoms with E-state index < -0.39 is 0 Å². The van der Waals surface area contributed by atoms with Gasteiger partial charge in [-0.05, 0) is 13.8 Å². The van der Waals surface area contributed by atoms with Crippen molar-refractivity contribution in [1.29, 1.82) is 0 Å². The van der Waals surface area contributed by atoms with Gasteiger partial charge < -0.3 is 0 Å². The van der Waals surface area contributed by atoms with Gasteiger partial charge in [-0.25, -0.2) is 10.0 Å². The molecule has 0 radical (unpaired) electrons. The van der Waals surface area contributed by atoms with Crippen LogP contribution in [0.3, 0.4) is 0 Å². The van der Waals surface area contributed by atoms with Crippen LogP contribution < -0.4 is 5.56 Å². The van der Waals surface area contributed by atoms with Crippen molar-refractivity contribution in [3.63, 3.8) is 0 Å². The Balaban J connectivity index is 2.55. The van der Waals surface area contributed by atoms with E-state index in [0.29, 0.717) is 11.4 Å². The van der Waals surface area contributed by atoms with Gasteiger partial charge in [-0.1, -0.05) is 0 Å². The predicted molar refractivity (Wildman–Crippen MR) is 63.7 cm³/mol. The van der Waals surface area contributed by atoms with Crippen LogP contribution in [0.2, 0.25) is 0 Å². The van der Waals surface area contributed by atoms with Crippen LogP contribution in [0, 0.1) is 6.92 Å². The lowest BCUT2D eigenvalue weighted by Gasteiger charge is -2.00. The topological polar surface area (TPSA) is 82.8 Å². The molecule has 7 nitrogen and oxygen atoms in total. The second kappa shape index (κ2) is 3.69. The summed E-state index contributed by atoms with van der Waals surface area (Å²) in [6.45, 7) is 3.42. The maximum absolute atomic E-state index is 11.7. The number of aliphatic imine (C=N–C) groups is 1. The number of carbonyl (C=O) groups excluding carboxylic acids is 1. The van der Waals surface area contributed by atoms with Crippen molar-refractivity contribution in [2.75, 3.05) is 7.05 Å². The number of rotatable bonds is 1. The first-order chi connectivity index (χ1) is 7.91. The van der Waals surface area contributed by atoms with Crippen LogP contribution in [0.1, 0.15) is 12.6 Å². The van der Waals surface area contributed by atoms with E-state index in [0.717, 1.165) is 0 Å². The van der Waals surface area contributed by atoms with Crippen LogP contribution in [0.15, 0.2) is 14.9 Å². The number of carbonyl (C=O) groups is 1. The first-order valence-corrected chi connectivity index (χ1v) is 5.09. The zero-order valence-electron chi connectivity index (χ0n) is 10.1. The molecule has 0 aromatic carbocycles. The van der Waals surface area contributed by atoms with Crippen molar-refractivity contribution in [2.45, 2.75) is 13.8 Å². The standard InChI is InChI=1S/C10H13N5O2/c1-5-7(9(16)14(3)12-5)11-8-6(2)13-15(4)10(8)17/h12H,1-4H3. The van der Waals surface area contributed by atoms with Gasteiger partial charge in [0.25, 0.3) is 11.5 Å². The van der Waals surface area contributed by atoms with Crippen molar-refractivity contribution in [3.05, 3.63) is 16.0 Å². The minimum Gasteiger partial charge on any atom is -0.298 e. The van der Waals surface area contributed by atoms with Crippen molar-refractivity contribution in [3.8, 4) is 0 Å². The van der Waals surface area contributed by atoms with Crippen LogP contribution in [-0.4, -0.2) is 39.2 Å². The Morgan fingerprint density at radius 2 is 1.88 bits per heavy atom. The molecule has 0 spiro atoms. The highest BCUT2D eigenvalue weighted by molar-refractivity contribution is 6.68. The molecular formula is C10H13N5O2. The fraction of sp³-hybridized carbons (Fsp3) is 0.400. The number of nitrogens with zero attached hydrogens (tertiary/aromatic N) is 4. The maximum atomic E-state index is 11.7. The minimum absolute atomic E-state index is 0.215. The summed E-state index contributed by atoms with van der Waals surface area (Å²) < 4.78 is 1.32. The summed E-state index contributed by atoms with van der Waals surface area (Å²) in [5, 5.41) is 8.00.